The predicted octanol–water partition coefficient (Wildman–Crippen LogP) is 2.19. The Labute approximate surface area is 128 Å². The van der Waals surface area contributed by atoms with Gasteiger partial charge in [-0.05, 0) is 24.1 Å². The van der Waals surface area contributed by atoms with Crippen LogP contribution in [0.15, 0.2) is 24.3 Å². The maximum absolute atomic E-state index is 11.6. The molecule has 3 N–H and O–H groups in total. The normalized spacial score (nSPS) is 11.7. The van der Waals surface area contributed by atoms with Crippen molar-refractivity contribution in [1.29, 1.82) is 0 Å². The van der Waals surface area contributed by atoms with Gasteiger partial charge in [0.1, 0.15) is 0 Å². The second-order valence-electron chi connectivity index (χ2n) is 4.41. The predicted molar refractivity (Wildman–Crippen MR) is 79.5 cm³/mol. The maximum Gasteiger partial charge on any atom is 0.314 e. The van der Waals surface area contributed by atoms with Crippen LogP contribution >= 0.6 is 11.6 Å². The molecule has 1 atom stereocenters. The van der Waals surface area contributed by atoms with Crippen LogP contribution in [0.1, 0.15) is 24.5 Å². The van der Waals surface area contributed by atoms with Crippen molar-refractivity contribution < 1.29 is 19.4 Å². The van der Waals surface area contributed by atoms with Gasteiger partial charge in [-0.3, -0.25) is 4.79 Å². The number of benzene rings is 1. The fourth-order valence-corrected chi connectivity index (χ4v) is 1.93. The zero-order valence-electron chi connectivity index (χ0n) is 11.8. The summed E-state index contributed by atoms with van der Waals surface area (Å²) in [7, 11) is 1.55. The Bertz CT molecular complexity index is 482. The summed E-state index contributed by atoms with van der Waals surface area (Å²) in [6, 6.07) is 6.87. The molecule has 1 rings (SSSR count). The smallest absolute Gasteiger partial charge is 0.314 e. The Morgan fingerprint density at radius 1 is 1.38 bits per heavy atom. The molecule has 0 aliphatic carbocycles. The number of amides is 2. The number of aliphatic carboxylic acids is 1. The summed E-state index contributed by atoms with van der Waals surface area (Å²) in [6.45, 7) is 0.606. The van der Waals surface area contributed by atoms with Gasteiger partial charge in [0.2, 0.25) is 0 Å². The number of carboxylic acid groups (broad SMARTS) is 1. The first-order valence-corrected chi connectivity index (χ1v) is 6.92. The Kier molecular flexibility index (Phi) is 7.56. The Balaban J connectivity index is 2.34. The highest BCUT2D eigenvalue weighted by Gasteiger charge is 2.12. The lowest BCUT2D eigenvalue weighted by Gasteiger charge is -2.17. The van der Waals surface area contributed by atoms with Crippen molar-refractivity contribution in [1.82, 2.24) is 10.6 Å². The number of carbonyl (C=O) groups excluding carboxylic acids is 1. The van der Waals surface area contributed by atoms with Crippen molar-refractivity contribution in [3.05, 3.63) is 34.9 Å². The molecule has 0 bridgehead atoms. The van der Waals surface area contributed by atoms with Gasteiger partial charge in [0, 0.05) is 31.6 Å². The third kappa shape index (κ3) is 6.97. The molecular formula is C14H19ClN2O4. The molecule has 1 aromatic carbocycles. The first kappa shape index (κ1) is 17.3. The van der Waals surface area contributed by atoms with E-state index in [9.17, 15) is 9.59 Å². The zero-order valence-corrected chi connectivity index (χ0v) is 12.5. The van der Waals surface area contributed by atoms with E-state index in [0.717, 1.165) is 5.56 Å². The lowest BCUT2D eigenvalue weighted by Crippen LogP contribution is -2.38. The van der Waals surface area contributed by atoms with Gasteiger partial charge in [-0.1, -0.05) is 23.7 Å². The number of hydrogen-bond acceptors (Lipinski definition) is 3. The van der Waals surface area contributed by atoms with E-state index in [1.54, 1.807) is 19.2 Å². The average Bonchev–Trinajstić information content (AvgIpc) is 2.44. The number of rotatable bonds is 8. The summed E-state index contributed by atoms with van der Waals surface area (Å²) in [4.78, 5) is 21.9. The first-order valence-electron chi connectivity index (χ1n) is 6.54. The van der Waals surface area contributed by atoms with Gasteiger partial charge < -0.3 is 20.5 Å². The van der Waals surface area contributed by atoms with E-state index in [0.29, 0.717) is 24.5 Å². The summed E-state index contributed by atoms with van der Waals surface area (Å²) in [5.74, 6) is -0.877. The largest absolute Gasteiger partial charge is 0.481 e. The number of hydrogen-bond donors (Lipinski definition) is 3. The second-order valence-corrected chi connectivity index (χ2v) is 4.85. The molecule has 21 heavy (non-hydrogen) atoms. The number of carboxylic acids is 1. The van der Waals surface area contributed by atoms with Crippen LogP contribution in [0.4, 0.5) is 4.79 Å². The summed E-state index contributed by atoms with van der Waals surface area (Å²) >= 11 is 5.92. The molecule has 6 nitrogen and oxygen atoms in total. The van der Waals surface area contributed by atoms with Gasteiger partial charge in [-0.2, -0.15) is 0 Å². The quantitative estimate of drug-likeness (QED) is 0.642. The van der Waals surface area contributed by atoms with Crippen LogP contribution in [0.5, 0.6) is 0 Å². The number of ether oxygens (including phenoxy) is 1. The van der Waals surface area contributed by atoms with E-state index in [1.165, 1.54) is 0 Å². The molecule has 0 saturated heterocycles. The fourth-order valence-electron chi connectivity index (χ4n) is 1.73. The number of nitrogens with one attached hydrogen (secondary N) is 2. The number of urea groups is 1. The lowest BCUT2D eigenvalue weighted by atomic mass is 10.1. The first-order chi connectivity index (χ1) is 10.0. The zero-order chi connectivity index (χ0) is 15.7. The monoisotopic (exact) mass is 314 g/mol. The molecule has 0 aromatic heterocycles. The number of halogens is 1. The topological polar surface area (TPSA) is 87.7 Å². The van der Waals surface area contributed by atoms with E-state index in [1.807, 2.05) is 12.1 Å². The van der Waals surface area contributed by atoms with Crippen molar-refractivity contribution in [2.24, 2.45) is 0 Å². The van der Waals surface area contributed by atoms with Crippen molar-refractivity contribution in [2.75, 3.05) is 20.2 Å². The standard InChI is InChI=1S/C14H19ClN2O4/c1-21-12(10-4-2-5-11(15)8-10)9-17-14(20)16-7-3-6-13(18)19/h2,4-5,8,12H,3,6-7,9H2,1H3,(H,18,19)(H2,16,17,20). The highest BCUT2D eigenvalue weighted by molar-refractivity contribution is 6.30. The molecule has 1 aromatic rings. The van der Waals surface area contributed by atoms with E-state index in [4.69, 9.17) is 21.4 Å². The summed E-state index contributed by atoms with van der Waals surface area (Å²) in [6.07, 6.45) is 0.127. The van der Waals surface area contributed by atoms with Crippen molar-refractivity contribution in [3.63, 3.8) is 0 Å². The van der Waals surface area contributed by atoms with E-state index in [2.05, 4.69) is 10.6 Å². The molecule has 7 heteroatoms. The molecule has 0 aliphatic rings. The molecule has 0 fully saturated rings. The Morgan fingerprint density at radius 2 is 2.14 bits per heavy atom. The molecule has 0 radical (unpaired) electrons. The summed E-state index contributed by atoms with van der Waals surface area (Å²) < 4.78 is 5.32. The Morgan fingerprint density at radius 3 is 2.76 bits per heavy atom. The highest BCUT2D eigenvalue weighted by Crippen LogP contribution is 2.19. The van der Waals surface area contributed by atoms with Crippen molar-refractivity contribution in [3.8, 4) is 0 Å². The molecule has 0 aliphatic heterocycles. The molecule has 116 valence electrons. The molecule has 2 amide bonds. The van der Waals surface area contributed by atoms with Gasteiger partial charge in [0.05, 0.1) is 6.10 Å². The molecule has 1 unspecified atom stereocenters. The second kappa shape index (κ2) is 9.20. The SMILES string of the molecule is COC(CNC(=O)NCCCC(=O)O)c1cccc(Cl)c1. The Hall–Kier alpha value is -1.79. The summed E-state index contributed by atoms with van der Waals surface area (Å²) in [5, 5.41) is 14.3. The van der Waals surface area contributed by atoms with Crippen molar-refractivity contribution >= 4 is 23.6 Å². The fraction of sp³-hybridized carbons (Fsp3) is 0.429. The third-order valence-corrected chi connectivity index (χ3v) is 3.04. The number of carbonyl (C=O) groups is 2. The van der Waals surface area contributed by atoms with Gasteiger partial charge in [0.25, 0.3) is 0 Å². The highest BCUT2D eigenvalue weighted by atomic mass is 35.5. The van der Waals surface area contributed by atoms with Crippen LogP contribution in [0.2, 0.25) is 5.02 Å². The lowest BCUT2D eigenvalue weighted by molar-refractivity contribution is -0.137. The van der Waals surface area contributed by atoms with Crippen molar-refractivity contribution in [2.45, 2.75) is 18.9 Å². The van der Waals surface area contributed by atoms with Crippen LogP contribution in [0.3, 0.4) is 0 Å². The minimum atomic E-state index is -0.877. The van der Waals surface area contributed by atoms with E-state index in [-0.39, 0.29) is 18.6 Å². The molecular weight excluding hydrogens is 296 g/mol. The van der Waals surface area contributed by atoms with Gasteiger partial charge >= 0.3 is 12.0 Å². The number of methoxy groups -OCH3 is 1. The van der Waals surface area contributed by atoms with Crippen LogP contribution in [-0.4, -0.2) is 37.3 Å². The molecule has 0 heterocycles. The van der Waals surface area contributed by atoms with E-state index >= 15 is 0 Å². The van der Waals surface area contributed by atoms with Gasteiger partial charge in [-0.25, -0.2) is 4.79 Å². The summed E-state index contributed by atoms with van der Waals surface area (Å²) in [5.41, 5.74) is 0.871. The van der Waals surface area contributed by atoms with Crippen LogP contribution in [-0.2, 0) is 9.53 Å². The minimum Gasteiger partial charge on any atom is -0.481 e. The average molecular weight is 315 g/mol. The van der Waals surface area contributed by atoms with Gasteiger partial charge in [-0.15, -0.1) is 0 Å². The van der Waals surface area contributed by atoms with E-state index < -0.39 is 5.97 Å². The molecule has 0 saturated carbocycles. The third-order valence-electron chi connectivity index (χ3n) is 2.81. The van der Waals surface area contributed by atoms with Gasteiger partial charge in [0.15, 0.2) is 0 Å². The minimum absolute atomic E-state index is 0.0312. The maximum atomic E-state index is 11.6. The van der Waals surface area contributed by atoms with Crippen LogP contribution in [0.25, 0.3) is 0 Å². The van der Waals surface area contributed by atoms with Crippen LogP contribution in [0, 0.1) is 0 Å². The van der Waals surface area contributed by atoms with Crippen LogP contribution < -0.4 is 10.6 Å². The molecule has 0 spiro atoms.